The van der Waals surface area contributed by atoms with Crippen molar-refractivity contribution in [2.24, 2.45) is 5.92 Å². The van der Waals surface area contributed by atoms with E-state index in [2.05, 4.69) is 10.2 Å². The molecule has 0 radical (unpaired) electrons. The molecule has 0 spiro atoms. The number of amides is 1. The van der Waals surface area contributed by atoms with Crippen molar-refractivity contribution < 1.29 is 9.90 Å². The number of nitrogens with one attached hydrogen (secondary N) is 2. The fraction of sp³-hybridized carbons (Fsp3) is 0.714. The molecule has 2 fully saturated rings. The summed E-state index contributed by atoms with van der Waals surface area (Å²) >= 11 is 0. The Morgan fingerprint density at radius 3 is 2.50 bits per heavy atom. The van der Waals surface area contributed by atoms with Gasteiger partial charge in [0.15, 0.2) is 0 Å². The molecule has 0 atom stereocenters. The number of likely N-dealkylation sites (tertiary alicyclic amines) is 1. The second kappa shape index (κ2) is 4.77. The third-order valence-corrected chi connectivity index (χ3v) is 4.79. The van der Waals surface area contributed by atoms with E-state index >= 15 is 0 Å². The van der Waals surface area contributed by atoms with Gasteiger partial charge in [-0.15, -0.1) is 0 Å². The van der Waals surface area contributed by atoms with Crippen molar-refractivity contribution in [1.82, 2.24) is 15.1 Å². The van der Waals surface area contributed by atoms with Gasteiger partial charge in [0, 0.05) is 24.3 Å². The summed E-state index contributed by atoms with van der Waals surface area (Å²) in [5.74, 6) is 0.336. The van der Waals surface area contributed by atoms with Gasteiger partial charge in [-0.05, 0) is 38.5 Å². The van der Waals surface area contributed by atoms with Crippen LogP contribution in [0.5, 0.6) is 0 Å². The molecule has 2 aliphatic rings. The van der Waals surface area contributed by atoms with Crippen molar-refractivity contribution in [3.63, 3.8) is 0 Å². The van der Waals surface area contributed by atoms with Crippen LogP contribution >= 0.6 is 0 Å². The highest BCUT2D eigenvalue weighted by molar-refractivity contribution is 5.79. The van der Waals surface area contributed by atoms with Crippen LogP contribution in [0.25, 0.3) is 0 Å². The smallest absolute Gasteiger partial charge is 0.267 e. The van der Waals surface area contributed by atoms with Crippen molar-refractivity contribution in [3.05, 3.63) is 21.6 Å². The number of carbonyl (C=O) groups is 1. The summed E-state index contributed by atoms with van der Waals surface area (Å²) in [4.78, 5) is 25.6. The summed E-state index contributed by atoms with van der Waals surface area (Å²) in [7, 11) is 0. The topological polar surface area (TPSA) is 89.2 Å². The maximum absolute atomic E-state index is 12.2. The van der Waals surface area contributed by atoms with Gasteiger partial charge in [0.25, 0.3) is 5.56 Å². The van der Waals surface area contributed by atoms with Crippen LogP contribution in [-0.2, 0) is 11.2 Å². The Hall–Kier alpha value is -1.56. The molecule has 0 unspecified atom stereocenters. The normalized spacial score (nSPS) is 22.0. The average molecular weight is 279 g/mol. The van der Waals surface area contributed by atoms with E-state index in [0.29, 0.717) is 24.6 Å². The number of aryl methyl sites for hydroxylation is 1. The lowest BCUT2D eigenvalue weighted by Crippen LogP contribution is -2.42. The minimum atomic E-state index is -0.441. The zero-order valence-electron chi connectivity index (χ0n) is 11.7. The van der Waals surface area contributed by atoms with Crippen molar-refractivity contribution in [3.8, 4) is 0 Å². The van der Waals surface area contributed by atoms with Gasteiger partial charge in [0.1, 0.15) is 0 Å². The monoisotopic (exact) mass is 279 g/mol. The molecular weight excluding hydrogens is 258 g/mol. The Kier molecular flexibility index (Phi) is 3.20. The minimum Gasteiger partial charge on any atom is -0.390 e. The first-order valence-corrected chi connectivity index (χ1v) is 7.26. The highest BCUT2D eigenvalue weighted by Crippen LogP contribution is 2.46. The van der Waals surface area contributed by atoms with E-state index in [9.17, 15) is 14.7 Å². The van der Waals surface area contributed by atoms with E-state index < -0.39 is 5.60 Å². The molecule has 1 amide bonds. The summed E-state index contributed by atoms with van der Waals surface area (Å²) in [6, 6.07) is 0. The van der Waals surface area contributed by atoms with Crippen molar-refractivity contribution >= 4 is 5.91 Å². The summed E-state index contributed by atoms with van der Waals surface area (Å²) in [5, 5.41) is 15.3. The van der Waals surface area contributed by atoms with Crippen molar-refractivity contribution in [2.75, 3.05) is 13.1 Å². The molecule has 3 rings (SSSR count). The molecule has 6 heteroatoms. The van der Waals surface area contributed by atoms with Gasteiger partial charge in [-0.3, -0.25) is 14.7 Å². The highest BCUT2D eigenvalue weighted by Gasteiger charge is 2.48. The number of hydrogen-bond acceptors (Lipinski definition) is 3. The highest BCUT2D eigenvalue weighted by atomic mass is 16.3. The first kappa shape index (κ1) is 13.4. The number of rotatable bonds is 3. The third kappa shape index (κ3) is 2.40. The number of H-pyrrole nitrogens is 2. The standard InChI is InChI=1S/C14H21N3O3/c1-9-11(13(19)16-15-9)8-12(18)17-6-2-10(3-7-17)14(20)4-5-14/h10,20H,2-8H2,1H3,(H2,15,16,19). The molecule has 20 heavy (non-hydrogen) atoms. The summed E-state index contributed by atoms with van der Waals surface area (Å²) in [6.45, 7) is 3.16. The molecule has 1 aliphatic heterocycles. The number of aromatic amines is 2. The second-order valence-electron chi connectivity index (χ2n) is 6.12. The molecule has 1 saturated heterocycles. The third-order valence-electron chi connectivity index (χ3n) is 4.79. The van der Waals surface area contributed by atoms with Crippen LogP contribution in [0.3, 0.4) is 0 Å². The Balaban J connectivity index is 1.58. The van der Waals surface area contributed by atoms with E-state index in [0.717, 1.165) is 31.4 Å². The predicted molar refractivity (Wildman–Crippen MR) is 73.3 cm³/mol. The summed E-state index contributed by atoms with van der Waals surface area (Å²) in [6.07, 6.45) is 3.70. The Bertz CT molecular complexity index is 562. The van der Waals surface area contributed by atoms with Crippen molar-refractivity contribution in [2.45, 2.75) is 44.6 Å². The first-order valence-electron chi connectivity index (χ1n) is 7.26. The lowest BCUT2D eigenvalue weighted by atomic mass is 9.89. The van der Waals surface area contributed by atoms with Gasteiger partial charge < -0.3 is 15.1 Å². The van der Waals surface area contributed by atoms with Crippen LogP contribution in [0.15, 0.2) is 4.79 Å². The largest absolute Gasteiger partial charge is 0.390 e. The van der Waals surface area contributed by atoms with Crippen LogP contribution in [0.2, 0.25) is 0 Å². The fourth-order valence-electron chi connectivity index (χ4n) is 3.15. The predicted octanol–water partition coefficient (Wildman–Crippen LogP) is 0.317. The van der Waals surface area contributed by atoms with E-state index in [-0.39, 0.29) is 17.9 Å². The zero-order chi connectivity index (χ0) is 14.3. The van der Waals surface area contributed by atoms with Gasteiger partial charge in [0.2, 0.25) is 5.91 Å². The quantitative estimate of drug-likeness (QED) is 0.744. The van der Waals surface area contributed by atoms with Crippen LogP contribution in [0, 0.1) is 12.8 Å². The van der Waals surface area contributed by atoms with Crippen LogP contribution in [0.1, 0.15) is 36.9 Å². The van der Waals surface area contributed by atoms with Crippen LogP contribution in [0.4, 0.5) is 0 Å². The number of aliphatic hydroxyl groups is 1. The molecule has 0 bridgehead atoms. The minimum absolute atomic E-state index is 0.000522. The van der Waals surface area contributed by atoms with E-state index in [1.165, 1.54) is 0 Å². The SMILES string of the molecule is Cc1[nH][nH]c(=O)c1CC(=O)N1CCC(C2(O)CC2)CC1. The summed E-state index contributed by atoms with van der Waals surface area (Å²) < 4.78 is 0. The van der Waals surface area contributed by atoms with Crippen LogP contribution in [-0.4, -0.2) is 44.8 Å². The fourth-order valence-corrected chi connectivity index (χ4v) is 3.15. The van der Waals surface area contributed by atoms with Gasteiger partial charge in [-0.25, -0.2) is 0 Å². The Morgan fingerprint density at radius 2 is 2.00 bits per heavy atom. The molecule has 1 aromatic heterocycles. The van der Waals surface area contributed by atoms with Gasteiger partial charge in [0.05, 0.1) is 12.0 Å². The summed E-state index contributed by atoms with van der Waals surface area (Å²) in [5.41, 5.74) is 0.602. The number of hydrogen-bond donors (Lipinski definition) is 3. The molecule has 3 N–H and O–H groups in total. The molecular formula is C14H21N3O3. The Labute approximate surface area is 117 Å². The maximum atomic E-state index is 12.2. The molecule has 0 aromatic carbocycles. The van der Waals surface area contributed by atoms with Crippen LogP contribution < -0.4 is 5.56 Å². The lowest BCUT2D eigenvalue weighted by molar-refractivity contribution is -0.132. The number of carbonyl (C=O) groups excluding carboxylic acids is 1. The van der Waals surface area contributed by atoms with E-state index in [1.807, 2.05) is 4.90 Å². The second-order valence-corrected chi connectivity index (χ2v) is 6.12. The number of piperidine rings is 1. The van der Waals surface area contributed by atoms with Gasteiger partial charge >= 0.3 is 0 Å². The Morgan fingerprint density at radius 1 is 1.35 bits per heavy atom. The molecule has 1 saturated carbocycles. The molecule has 2 heterocycles. The first-order chi connectivity index (χ1) is 9.49. The maximum Gasteiger partial charge on any atom is 0.267 e. The average Bonchev–Trinajstić information content (AvgIpc) is 3.13. The van der Waals surface area contributed by atoms with Gasteiger partial charge in [-0.1, -0.05) is 0 Å². The van der Waals surface area contributed by atoms with Gasteiger partial charge in [-0.2, -0.15) is 0 Å². The zero-order valence-corrected chi connectivity index (χ0v) is 11.7. The number of nitrogens with zero attached hydrogens (tertiary/aromatic N) is 1. The molecule has 1 aromatic rings. The van der Waals surface area contributed by atoms with E-state index in [1.54, 1.807) is 6.92 Å². The molecule has 1 aliphatic carbocycles. The van der Waals surface area contributed by atoms with Crippen molar-refractivity contribution in [1.29, 1.82) is 0 Å². The van der Waals surface area contributed by atoms with E-state index in [4.69, 9.17) is 0 Å². The molecule has 6 nitrogen and oxygen atoms in total. The lowest BCUT2D eigenvalue weighted by Gasteiger charge is -2.34. The number of aromatic nitrogens is 2. The molecule has 110 valence electrons.